The van der Waals surface area contributed by atoms with Crippen LogP contribution in [0.2, 0.25) is 0 Å². The van der Waals surface area contributed by atoms with Crippen LogP contribution in [0.3, 0.4) is 0 Å². The highest BCUT2D eigenvalue weighted by Gasteiger charge is 2.02. The first kappa shape index (κ1) is 13.5. The molecule has 0 aliphatic heterocycles. The fourth-order valence-corrected chi connectivity index (χ4v) is 1.80. The maximum atomic E-state index is 5.83. The molecule has 0 N–H and O–H groups in total. The summed E-state index contributed by atoms with van der Waals surface area (Å²) in [7, 11) is 0. The lowest BCUT2D eigenvalue weighted by molar-refractivity contribution is 1.08. The Morgan fingerprint density at radius 2 is 1.57 bits per heavy atom. The van der Waals surface area contributed by atoms with Crippen LogP contribution in [0, 0.1) is 13.8 Å². The van der Waals surface area contributed by atoms with Gasteiger partial charge in [-0.1, -0.05) is 38.5 Å². The lowest BCUT2D eigenvalue weighted by Gasteiger charge is -2.09. The van der Waals surface area contributed by atoms with Crippen molar-refractivity contribution in [1.82, 2.24) is 0 Å². The molecule has 0 radical (unpaired) electrons. The lowest BCUT2D eigenvalue weighted by atomic mass is 9.99. The molecule has 0 fully saturated rings. The van der Waals surface area contributed by atoms with Crippen LogP contribution in [0.1, 0.15) is 43.0 Å². The molecule has 1 aromatic rings. The van der Waals surface area contributed by atoms with Crippen molar-refractivity contribution in [2.75, 3.05) is 0 Å². The summed E-state index contributed by atoms with van der Waals surface area (Å²) in [6, 6.07) is 4.41. The molecule has 0 heterocycles. The maximum Gasteiger partial charge on any atom is 0.0476 e. The smallest absolute Gasteiger partial charge is 0.0476 e. The standard InChI is InChI=1S/C11H15Cl.C2H6/c1-4-10-5-8(2)6-11(7-12)9(10)3;1-2/h5-6H,4,7H2,1-3H3;1-2H3. The fourth-order valence-electron chi connectivity index (χ4n) is 1.52. The van der Waals surface area contributed by atoms with Crippen molar-refractivity contribution in [3.8, 4) is 0 Å². The van der Waals surface area contributed by atoms with Gasteiger partial charge < -0.3 is 0 Å². The zero-order valence-electron chi connectivity index (χ0n) is 9.95. The third kappa shape index (κ3) is 3.34. The predicted molar refractivity (Wildman–Crippen MR) is 66.2 cm³/mol. The molecule has 0 bridgehead atoms. The number of alkyl halides is 1. The first-order chi connectivity index (χ1) is 6.69. The second-order valence-electron chi connectivity index (χ2n) is 3.20. The predicted octanol–water partition coefficient (Wildman–Crippen LogP) is 4.63. The molecule has 0 saturated carbocycles. The molecule has 0 nitrogen and oxygen atoms in total. The number of hydrogen-bond acceptors (Lipinski definition) is 0. The van der Waals surface area contributed by atoms with Gasteiger partial charge in [0.1, 0.15) is 0 Å². The van der Waals surface area contributed by atoms with E-state index in [9.17, 15) is 0 Å². The quantitative estimate of drug-likeness (QED) is 0.627. The van der Waals surface area contributed by atoms with Gasteiger partial charge in [0.2, 0.25) is 0 Å². The fraction of sp³-hybridized carbons (Fsp3) is 0.538. The van der Waals surface area contributed by atoms with E-state index in [4.69, 9.17) is 11.6 Å². The van der Waals surface area contributed by atoms with E-state index in [1.54, 1.807) is 0 Å². The maximum absolute atomic E-state index is 5.83. The molecule has 0 aromatic heterocycles. The van der Waals surface area contributed by atoms with E-state index >= 15 is 0 Å². The molecule has 1 aromatic carbocycles. The number of aryl methyl sites for hydroxylation is 2. The topological polar surface area (TPSA) is 0 Å². The van der Waals surface area contributed by atoms with Gasteiger partial charge in [-0.05, 0) is 37.0 Å². The van der Waals surface area contributed by atoms with E-state index < -0.39 is 0 Å². The molecule has 0 atom stereocenters. The molecule has 0 spiro atoms. The Balaban J connectivity index is 0.000000791. The Labute approximate surface area is 93.3 Å². The van der Waals surface area contributed by atoms with Crippen LogP contribution in [0.4, 0.5) is 0 Å². The van der Waals surface area contributed by atoms with Gasteiger partial charge in [-0.25, -0.2) is 0 Å². The van der Waals surface area contributed by atoms with Crippen molar-refractivity contribution in [2.45, 2.75) is 46.9 Å². The van der Waals surface area contributed by atoms with Gasteiger partial charge in [0, 0.05) is 5.88 Å². The number of halogens is 1. The normalized spacial score (nSPS) is 9.29. The average molecular weight is 213 g/mol. The van der Waals surface area contributed by atoms with Crippen molar-refractivity contribution in [3.63, 3.8) is 0 Å². The van der Waals surface area contributed by atoms with Crippen LogP contribution >= 0.6 is 11.6 Å². The highest BCUT2D eigenvalue weighted by Crippen LogP contribution is 2.18. The van der Waals surface area contributed by atoms with Gasteiger partial charge >= 0.3 is 0 Å². The van der Waals surface area contributed by atoms with Gasteiger partial charge in [-0.15, -0.1) is 11.6 Å². The van der Waals surface area contributed by atoms with E-state index in [0.717, 1.165) is 6.42 Å². The Bertz CT molecular complexity index is 252. The van der Waals surface area contributed by atoms with E-state index in [2.05, 4.69) is 32.9 Å². The van der Waals surface area contributed by atoms with Gasteiger partial charge in [0.05, 0.1) is 0 Å². The Morgan fingerprint density at radius 3 is 2.00 bits per heavy atom. The van der Waals surface area contributed by atoms with E-state index in [1.807, 2.05) is 13.8 Å². The number of hydrogen-bond donors (Lipinski definition) is 0. The highest BCUT2D eigenvalue weighted by molar-refractivity contribution is 6.17. The molecule has 0 saturated heterocycles. The molecule has 1 rings (SSSR count). The third-order valence-electron chi connectivity index (χ3n) is 2.29. The SMILES string of the molecule is CC.CCc1cc(C)cc(CCl)c1C. The van der Waals surface area contributed by atoms with Crippen LogP contribution < -0.4 is 0 Å². The van der Waals surface area contributed by atoms with Crippen LogP contribution in [0.25, 0.3) is 0 Å². The van der Waals surface area contributed by atoms with Gasteiger partial charge in [-0.3, -0.25) is 0 Å². The van der Waals surface area contributed by atoms with Gasteiger partial charge in [0.15, 0.2) is 0 Å². The monoisotopic (exact) mass is 212 g/mol. The first-order valence-electron chi connectivity index (χ1n) is 5.34. The third-order valence-corrected chi connectivity index (χ3v) is 2.58. The second-order valence-corrected chi connectivity index (χ2v) is 3.46. The molecule has 14 heavy (non-hydrogen) atoms. The molecule has 0 amide bonds. The number of rotatable bonds is 2. The molecular formula is C13H21Cl. The summed E-state index contributed by atoms with van der Waals surface area (Å²) in [5.74, 6) is 0.626. The van der Waals surface area contributed by atoms with E-state index in [0.29, 0.717) is 5.88 Å². The van der Waals surface area contributed by atoms with Crippen LogP contribution in [0.5, 0.6) is 0 Å². The minimum Gasteiger partial charge on any atom is -0.122 e. The van der Waals surface area contributed by atoms with Crippen molar-refractivity contribution >= 4 is 11.6 Å². The van der Waals surface area contributed by atoms with E-state index in [-0.39, 0.29) is 0 Å². The zero-order valence-corrected chi connectivity index (χ0v) is 10.7. The molecular weight excluding hydrogens is 192 g/mol. The summed E-state index contributed by atoms with van der Waals surface area (Å²) in [4.78, 5) is 0. The summed E-state index contributed by atoms with van der Waals surface area (Å²) in [5, 5.41) is 0. The van der Waals surface area contributed by atoms with Gasteiger partial charge in [0.25, 0.3) is 0 Å². The van der Waals surface area contributed by atoms with Crippen LogP contribution in [0.15, 0.2) is 12.1 Å². The second kappa shape index (κ2) is 6.89. The van der Waals surface area contributed by atoms with Crippen molar-refractivity contribution in [2.24, 2.45) is 0 Å². The summed E-state index contributed by atoms with van der Waals surface area (Å²) in [5.41, 5.74) is 5.37. The number of benzene rings is 1. The van der Waals surface area contributed by atoms with Gasteiger partial charge in [-0.2, -0.15) is 0 Å². The molecule has 0 aliphatic carbocycles. The lowest BCUT2D eigenvalue weighted by Crippen LogP contribution is -1.93. The molecule has 0 aliphatic rings. The summed E-state index contributed by atoms with van der Waals surface area (Å²) in [6.45, 7) is 10.4. The Kier molecular flexibility index (Phi) is 6.65. The van der Waals surface area contributed by atoms with Crippen molar-refractivity contribution in [1.29, 1.82) is 0 Å². The minimum absolute atomic E-state index is 0.626. The minimum atomic E-state index is 0.626. The van der Waals surface area contributed by atoms with Crippen molar-refractivity contribution in [3.05, 3.63) is 34.4 Å². The Hall–Kier alpha value is -0.490. The molecule has 80 valence electrons. The van der Waals surface area contributed by atoms with Crippen LogP contribution in [-0.2, 0) is 12.3 Å². The average Bonchev–Trinajstić information content (AvgIpc) is 2.23. The molecule has 1 heteroatoms. The van der Waals surface area contributed by atoms with E-state index in [1.165, 1.54) is 22.3 Å². The first-order valence-corrected chi connectivity index (χ1v) is 5.87. The Morgan fingerprint density at radius 1 is 1.07 bits per heavy atom. The highest BCUT2D eigenvalue weighted by atomic mass is 35.5. The zero-order chi connectivity index (χ0) is 11.1. The summed E-state index contributed by atoms with van der Waals surface area (Å²) < 4.78 is 0. The molecule has 0 unspecified atom stereocenters. The largest absolute Gasteiger partial charge is 0.122 e. The summed E-state index contributed by atoms with van der Waals surface area (Å²) in [6.07, 6.45) is 1.09. The summed E-state index contributed by atoms with van der Waals surface area (Å²) >= 11 is 5.83. The van der Waals surface area contributed by atoms with Crippen molar-refractivity contribution < 1.29 is 0 Å². The van der Waals surface area contributed by atoms with Crippen LogP contribution in [-0.4, -0.2) is 0 Å².